The molecule has 9 nitrogen and oxygen atoms in total. The van der Waals surface area contributed by atoms with Crippen molar-refractivity contribution < 1.29 is 19.4 Å². The van der Waals surface area contributed by atoms with Crippen LogP contribution in [-0.4, -0.2) is 44.7 Å². The van der Waals surface area contributed by atoms with Crippen LogP contribution in [0.4, 0.5) is 5.69 Å². The number of thiazole rings is 1. The number of carboxylic acid groups (broad SMARTS) is 1. The van der Waals surface area contributed by atoms with Crippen LogP contribution >= 0.6 is 11.3 Å². The number of rotatable bonds is 6. The molecule has 0 spiro atoms. The molecular weight excluding hydrogens is 444 g/mol. The first-order valence-electron chi connectivity index (χ1n) is 9.89. The minimum absolute atomic E-state index is 0.166. The van der Waals surface area contributed by atoms with E-state index in [1.54, 1.807) is 54.6 Å². The average Bonchev–Trinajstić information content (AvgIpc) is 3.44. The fourth-order valence-electron chi connectivity index (χ4n) is 3.65. The molecule has 10 heteroatoms. The number of ether oxygens (including phenoxy) is 1. The number of anilines is 1. The maximum atomic E-state index is 13.2. The van der Waals surface area contributed by atoms with Gasteiger partial charge in [0.15, 0.2) is 5.82 Å². The minimum atomic E-state index is -1.14. The Kier molecular flexibility index (Phi) is 4.98. The Morgan fingerprint density at radius 1 is 1.15 bits per heavy atom. The number of para-hydroxylation sites is 1. The van der Waals surface area contributed by atoms with Crippen LogP contribution in [0.3, 0.4) is 0 Å². The Morgan fingerprint density at radius 3 is 2.61 bits per heavy atom. The zero-order valence-electron chi connectivity index (χ0n) is 17.1. The molecule has 0 aliphatic carbocycles. The zero-order chi connectivity index (χ0) is 23.1. The second-order valence-electron chi connectivity index (χ2n) is 7.17. The molecule has 1 amide bonds. The van der Waals surface area contributed by atoms with Crippen molar-refractivity contribution in [1.82, 2.24) is 14.6 Å². The monoisotopic (exact) mass is 460 g/mol. The van der Waals surface area contributed by atoms with Gasteiger partial charge in [0.2, 0.25) is 4.96 Å². The van der Waals surface area contributed by atoms with Crippen LogP contribution in [0.25, 0.3) is 21.9 Å². The number of hydrogen-bond donors (Lipinski definition) is 1. The topological polar surface area (TPSA) is 114 Å². The quantitative estimate of drug-likeness (QED) is 0.436. The highest BCUT2D eigenvalue weighted by Crippen LogP contribution is 2.35. The van der Waals surface area contributed by atoms with Gasteiger partial charge < -0.3 is 9.84 Å². The van der Waals surface area contributed by atoms with Gasteiger partial charge in [-0.2, -0.15) is 9.50 Å². The van der Waals surface area contributed by atoms with E-state index in [1.807, 2.05) is 0 Å². The summed E-state index contributed by atoms with van der Waals surface area (Å²) >= 11 is 1.05. The maximum Gasteiger partial charge on any atom is 0.323 e. The third kappa shape index (κ3) is 3.46. The molecule has 33 heavy (non-hydrogen) atoms. The van der Waals surface area contributed by atoms with Crippen molar-refractivity contribution >= 4 is 39.4 Å². The van der Waals surface area contributed by atoms with E-state index in [-0.39, 0.29) is 10.1 Å². The molecule has 0 unspecified atom stereocenters. The first-order valence-corrected chi connectivity index (χ1v) is 10.7. The normalized spacial score (nSPS) is 14.5. The van der Waals surface area contributed by atoms with Crippen molar-refractivity contribution in [3.8, 4) is 17.1 Å². The van der Waals surface area contributed by atoms with Gasteiger partial charge in [0.1, 0.15) is 23.4 Å². The second-order valence-corrected chi connectivity index (χ2v) is 8.14. The first-order chi connectivity index (χ1) is 16.0. The highest BCUT2D eigenvalue weighted by atomic mass is 32.1. The molecule has 4 aromatic rings. The standard InChI is InChI=1S/C23H16N4O5S/c1-2-11-32-14-9-7-13(8-10-14)20-24-23-27(25-20)22(31)19(33-23)18-15-5-3-4-6-16(15)26(21(18)30)12-17(28)29/h2-10H,1,11-12H2,(H,28,29). The maximum absolute atomic E-state index is 13.2. The Balaban J connectivity index is 1.59. The summed E-state index contributed by atoms with van der Waals surface area (Å²) in [7, 11) is 0. The predicted octanol–water partition coefficient (Wildman–Crippen LogP) is 1.73. The summed E-state index contributed by atoms with van der Waals surface area (Å²) in [4.78, 5) is 43.4. The van der Waals surface area contributed by atoms with E-state index in [4.69, 9.17) is 4.74 Å². The summed E-state index contributed by atoms with van der Waals surface area (Å²) in [5.41, 5.74) is 1.37. The van der Waals surface area contributed by atoms with E-state index >= 15 is 0 Å². The largest absolute Gasteiger partial charge is 0.490 e. The molecule has 0 atom stereocenters. The molecule has 2 aromatic carbocycles. The summed E-state index contributed by atoms with van der Waals surface area (Å²) in [5, 5.41) is 13.5. The SMILES string of the molecule is C=CCOc1ccc(-c2nc3sc(=C4C(=O)N(CC(=O)O)c5ccccc54)c(=O)n3n2)cc1. The van der Waals surface area contributed by atoms with E-state index < -0.39 is 24.0 Å². The van der Waals surface area contributed by atoms with Gasteiger partial charge >= 0.3 is 5.97 Å². The van der Waals surface area contributed by atoms with Crippen molar-refractivity contribution in [3.05, 3.63) is 81.6 Å². The lowest BCUT2D eigenvalue weighted by Gasteiger charge is -2.13. The zero-order valence-corrected chi connectivity index (χ0v) is 17.9. The number of carbonyl (C=O) groups excluding carboxylic acids is 1. The molecule has 1 aliphatic heterocycles. The summed E-state index contributed by atoms with van der Waals surface area (Å²) in [6, 6.07) is 13.9. The third-order valence-electron chi connectivity index (χ3n) is 5.08. The fourth-order valence-corrected chi connectivity index (χ4v) is 4.65. The molecule has 0 fully saturated rings. The Hall–Kier alpha value is -4.31. The Bertz CT molecular complexity index is 1540. The van der Waals surface area contributed by atoms with Crippen LogP contribution < -0.4 is 19.7 Å². The van der Waals surface area contributed by atoms with Gasteiger partial charge in [0.25, 0.3) is 11.5 Å². The molecule has 1 N–H and O–H groups in total. The lowest BCUT2D eigenvalue weighted by molar-refractivity contribution is -0.136. The summed E-state index contributed by atoms with van der Waals surface area (Å²) < 4.78 is 6.81. The van der Waals surface area contributed by atoms with Crippen molar-refractivity contribution in [1.29, 1.82) is 0 Å². The lowest BCUT2D eigenvalue weighted by Crippen LogP contribution is -2.35. The number of nitrogens with zero attached hydrogens (tertiary/aromatic N) is 4. The third-order valence-corrected chi connectivity index (χ3v) is 6.11. The number of hydrogen-bond acceptors (Lipinski definition) is 7. The molecule has 3 heterocycles. The summed E-state index contributed by atoms with van der Waals surface area (Å²) in [6.45, 7) is 3.51. The lowest BCUT2D eigenvalue weighted by atomic mass is 10.1. The Labute approximate surface area is 190 Å². The van der Waals surface area contributed by atoms with Crippen LogP contribution in [0, 0.1) is 0 Å². The van der Waals surface area contributed by atoms with Gasteiger partial charge in [-0.1, -0.05) is 42.2 Å². The van der Waals surface area contributed by atoms with Crippen LogP contribution in [0.1, 0.15) is 5.56 Å². The molecule has 2 aromatic heterocycles. The fraction of sp³-hybridized carbons (Fsp3) is 0.0870. The van der Waals surface area contributed by atoms with E-state index in [2.05, 4.69) is 16.7 Å². The van der Waals surface area contributed by atoms with Gasteiger partial charge in [-0.25, -0.2) is 0 Å². The van der Waals surface area contributed by atoms with Crippen LogP contribution in [0.5, 0.6) is 5.75 Å². The average molecular weight is 460 g/mol. The molecule has 0 saturated heterocycles. The van der Waals surface area contributed by atoms with Crippen molar-refractivity contribution in [3.63, 3.8) is 0 Å². The number of fused-ring (bicyclic) bond motifs is 2. The van der Waals surface area contributed by atoms with Crippen molar-refractivity contribution in [2.24, 2.45) is 0 Å². The van der Waals surface area contributed by atoms with E-state index in [0.717, 1.165) is 16.2 Å². The first kappa shape index (κ1) is 20.6. The second kappa shape index (κ2) is 7.99. The van der Waals surface area contributed by atoms with Crippen LogP contribution in [0.2, 0.25) is 0 Å². The molecule has 1 aliphatic rings. The molecular formula is C23H16N4O5S. The van der Waals surface area contributed by atoms with Gasteiger partial charge in [-0.05, 0) is 30.3 Å². The molecule has 0 bridgehead atoms. The number of aliphatic carboxylic acids is 1. The van der Waals surface area contributed by atoms with Crippen LogP contribution in [0.15, 0.2) is 66.0 Å². The highest BCUT2D eigenvalue weighted by Gasteiger charge is 2.35. The van der Waals surface area contributed by atoms with Gasteiger partial charge in [0.05, 0.1) is 11.3 Å². The molecule has 164 valence electrons. The molecule has 0 saturated carbocycles. The molecule has 0 radical (unpaired) electrons. The number of amides is 1. The van der Waals surface area contributed by atoms with Gasteiger partial charge in [0, 0.05) is 11.1 Å². The van der Waals surface area contributed by atoms with Gasteiger partial charge in [-0.15, -0.1) is 5.10 Å². The summed E-state index contributed by atoms with van der Waals surface area (Å²) in [5.74, 6) is -0.631. The van der Waals surface area contributed by atoms with Crippen LogP contribution in [-0.2, 0) is 9.59 Å². The smallest absolute Gasteiger partial charge is 0.323 e. The van der Waals surface area contributed by atoms with E-state index in [0.29, 0.717) is 40.0 Å². The molecule has 5 rings (SSSR count). The van der Waals surface area contributed by atoms with E-state index in [1.165, 1.54) is 4.52 Å². The summed E-state index contributed by atoms with van der Waals surface area (Å²) in [6.07, 6.45) is 1.65. The minimum Gasteiger partial charge on any atom is -0.490 e. The van der Waals surface area contributed by atoms with Crippen molar-refractivity contribution in [2.45, 2.75) is 0 Å². The Morgan fingerprint density at radius 2 is 1.91 bits per heavy atom. The van der Waals surface area contributed by atoms with Crippen molar-refractivity contribution in [2.75, 3.05) is 18.1 Å². The number of carbonyl (C=O) groups is 2. The number of carboxylic acids is 1. The predicted molar refractivity (Wildman–Crippen MR) is 122 cm³/mol. The van der Waals surface area contributed by atoms with E-state index in [9.17, 15) is 19.5 Å². The number of aromatic nitrogens is 3. The highest BCUT2D eigenvalue weighted by molar-refractivity contribution is 7.15. The van der Waals surface area contributed by atoms with Gasteiger partial charge in [-0.3, -0.25) is 19.3 Å². The number of benzene rings is 2.